The molecular weight excluding hydrogens is 217 g/mol. The highest BCUT2D eigenvalue weighted by atomic mass is 19.1. The maximum atomic E-state index is 13.3. The van der Waals surface area contributed by atoms with Gasteiger partial charge < -0.3 is 15.5 Å². The van der Waals surface area contributed by atoms with Crippen LogP contribution in [0.2, 0.25) is 0 Å². The fourth-order valence-corrected chi connectivity index (χ4v) is 2.44. The van der Waals surface area contributed by atoms with Crippen LogP contribution in [-0.2, 0) is 0 Å². The minimum Gasteiger partial charge on any atom is -0.366 e. The van der Waals surface area contributed by atoms with E-state index in [9.17, 15) is 4.39 Å². The van der Waals surface area contributed by atoms with Gasteiger partial charge in [-0.05, 0) is 38.2 Å². The van der Waals surface area contributed by atoms with E-state index in [0.29, 0.717) is 6.54 Å². The summed E-state index contributed by atoms with van der Waals surface area (Å²) in [4.78, 5) is 4.52. The lowest BCUT2D eigenvalue weighted by Gasteiger charge is -2.32. The van der Waals surface area contributed by atoms with Crippen molar-refractivity contribution in [3.05, 3.63) is 30.1 Å². The lowest BCUT2D eigenvalue weighted by Crippen LogP contribution is -2.45. The van der Waals surface area contributed by atoms with Gasteiger partial charge in [0.05, 0.1) is 6.04 Å². The van der Waals surface area contributed by atoms with E-state index in [4.69, 9.17) is 5.73 Å². The summed E-state index contributed by atoms with van der Waals surface area (Å²) in [6, 6.07) is 7.05. The molecular formula is C13H20FN3. The van der Waals surface area contributed by atoms with Crippen molar-refractivity contribution < 1.29 is 4.39 Å². The SMILES string of the molecule is CN1CCCN(c2cccc(F)c2)C(CN)C1. The molecule has 0 aliphatic carbocycles. The summed E-state index contributed by atoms with van der Waals surface area (Å²) in [7, 11) is 2.11. The monoisotopic (exact) mass is 237 g/mol. The standard InChI is InChI=1S/C13H20FN3/c1-16-6-3-7-17(13(9-15)10-16)12-5-2-4-11(14)8-12/h2,4-5,8,13H,3,6-7,9-10,15H2,1H3. The van der Waals surface area contributed by atoms with Gasteiger partial charge in [0.1, 0.15) is 5.82 Å². The van der Waals surface area contributed by atoms with Crippen molar-refractivity contribution >= 4 is 5.69 Å². The Labute approximate surface area is 102 Å². The Morgan fingerprint density at radius 2 is 2.24 bits per heavy atom. The molecule has 1 atom stereocenters. The van der Waals surface area contributed by atoms with Crippen LogP contribution in [0.25, 0.3) is 0 Å². The number of nitrogens with two attached hydrogens (primary N) is 1. The molecule has 1 unspecified atom stereocenters. The quantitative estimate of drug-likeness (QED) is 0.841. The number of anilines is 1. The van der Waals surface area contributed by atoms with Crippen molar-refractivity contribution in [3.8, 4) is 0 Å². The van der Waals surface area contributed by atoms with Crippen LogP contribution in [0.3, 0.4) is 0 Å². The molecule has 0 spiro atoms. The predicted octanol–water partition coefficient (Wildman–Crippen LogP) is 1.29. The first-order chi connectivity index (χ1) is 8.20. The molecule has 0 radical (unpaired) electrons. The average Bonchev–Trinajstić information content (AvgIpc) is 2.50. The fourth-order valence-electron chi connectivity index (χ4n) is 2.44. The number of hydrogen-bond donors (Lipinski definition) is 1. The van der Waals surface area contributed by atoms with Crippen LogP contribution < -0.4 is 10.6 Å². The highest BCUT2D eigenvalue weighted by Gasteiger charge is 2.22. The van der Waals surface area contributed by atoms with Crippen molar-refractivity contribution in [2.45, 2.75) is 12.5 Å². The number of halogens is 1. The van der Waals surface area contributed by atoms with Crippen molar-refractivity contribution in [1.82, 2.24) is 4.90 Å². The molecule has 0 saturated carbocycles. The smallest absolute Gasteiger partial charge is 0.125 e. The minimum atomic E-state index is -0.184. The molecule has 2 rings (SSSR count). The molecule has 1 fully saturated rings. The fraction of sp³-hybridized carbons (Fsp3) is 0.538. The molecule has 1 aromatic carbocycles. The van der Waals surface area contributed by atoms with E-state index in [2.05, 4.69) is 16.8 Å². The molecule has 0 aromatic heterocycles. The van der Waals surface area contributed by atoms with E-state index in [1.54, 1.807) is 12.1 Å². The van der Waals surface area contributed by atoms with E-state index < -0.39 is 0 Å². The highest BCUT2D eigenvalue weighted by molar-refractivity contribution is 5.48. The first kappa shape index (κ1) is 12.3. The molecule has 2 N–H and O–H groups in total. The summed E-state index contributed by atoms with van der Waals surface area (Å²) in [5.41, 5.74) is 6.78. The maximum Gasteiger partial charge on any atom is 0.125 e. The molecule has 0 amide bonds. The lowest BCUT2D eigenvalue weighted by molar-refractivity contribution is 0.332. The van der Waals surface area contributed by atoms with Gasteiger partial charge in [0.25, 0.3) is 0 Å². The number of nitrogens with zero attached hydrogens (tertiary/aromatic N) is 2. The predicted molar refractivity (Wildman–Crippen MR) is 68.7 cm³/mol. The Bertz CT molecular complexity index is 369. The van der Waals surface area contributed by atoms with Gasteiger partial charge in [-0.1, -0.05) is 6.07 Å². The van der Waals surface area contributed by atoms with Gasteiger partial charge in [0.15, 0.2) is 0 Å². The molecule has 94 valence electrons. The normalized spacial score (nSPS) is 22.5. The molecule has 1 heterocycles. The second kappa shape index (κ2) is 5.47. The lowest BCUT2D eigenvalue weighted by atomic mass is 10.2. The summed E-state index contributed by atoms with van der Waals surface area (Å²) in [5.74, 6) is -0.184. The Morgan fingerprint density at radius 3 is 2.94 bits per heavy atom. The highest BCUT2D eigenvalue weighted by Crippen LogP contribution is 2.20. The summed E-state index contributed by atoms with van der Waals surface area (Å²) in [6.07, 6.45) is 1.09. The van der Waals surface area contributed by atoms with E-state index in [1.165, 1.54) is 6.07 Å². The zero-order chi connectivity index (χ0) is 12.3. The molecule has 17 heavy (non-hydrogen) atoms. The van der Waals surface area contributed by atoms with Crippen molar-refractivity contribution in [1.29, 1.82) is 0 Å². The summed E-state index contributed by atoms with van der Waals surface area (Å²) in [5, 5.41) is 0. The third-order valence-electron chi connectivity index (χ3n) is 3.31. The topological polar surface area (TPSA) is 32.5 Å². The third-order valence-corrected chi connectivity index (χ3v) is 3.31. The van der Waals surface area contributed by atoms with Gasteiger partial charge >= 0.3 is 0 Å². The van der Waals surface area contributed by atoms with Gasteiger partial charge in [-0.2, -0.15) is 0 Å². The van der Waals surface area contributed by atoms with Crippen LogP contribution in [0.1, 0.15) is 6.42 Å². The van der Waals surface area contributed by atoms with Crippen LogP contribution in [0.15, 0.2) is 24.3 Å². The maximum absolute atomic E-state index is 13.3. The number of benzene rings is 1. The second-order valence-corrected chi connectivity index (χ2v) is 4.68. The van der Waals surface area contributed by atoms with E-state index in [0.717, 1.165) is 31.7 Å². The van der Waals surface area contributed by atoms with Crippen molar-refractivity contribution in [2.75, 3.05) is 38.1 Å². The number of likely N-dealkylation sites (N-methyl/N-ethyl adjacent to an activating group) is 1. The molecule has 0 bridgehead atoms. The van der Waals surface area contributed by atoms with Gasteiger partial charge in [-0.15, -0.1) is 0 Å². The Balaban J connectivity index is 2.22. The molecule has 1 aliphatic rings. The third kappa shape index (κ3) is 2.96. The molecule has 1 aromatic rings. The first-order valence-corrected chi connectivity index (χ1v) is 6.11. The van der Waals surface area contributed by atoms with Crippen LogP contribution in [0.4, 0.5) is 10.1 Å². The second-order valence-electron chi connectivity index (χ2n) is 4.68. The van der Waals surface area contributed by atoms with Gasteiger partial charge in [-0.25, -0.2) is 4.39 Å². The number of hydrogen-bond acceptors (Lipinski definition) is 3. The van der Waals surface area contributed by atoms with E-state index >= 15 is 0 Å². The van der Waals surface area contributed by atoms with Gasteiger partial charge in [0.2, 0.25) is 0 Å². The van der Waals surface area contributed by atoms with Crippen molar-refractivity contribution in [2.24, 2.45) is 5.73 Å². The van der Waals surface area contributed by atoms with E-state index in [-0.39, 0.29) is 11.9 Å². The van der Waals surface area contributed by atoms with Crippen LogP contribution in [0, 0.1) is 5.82 Å². The number of rotatable bonds is 2. The van der Waals surface area contributed by atoms with Crippen LogP contribution >= 0.6 is 0 Å². The first-order valence-electron chi connectivity index (χ1n) is 6.11. The molecule has 1 saturated heterocycles. The van der Waals surface area contributed by atoms with E-state index in [1.807, 2.05) is 6.07 Å². The summed E-state index contributed by atoms with van der Waals surface area (Å²) < 4.78 is 13.3. The Morgan fingerprint density at radius 1 is 1.41 bits per heavy atom. The van der Waals surface area contributed by atoms with Crippen molar-refractivity contribution in [3.63, 3.8) is 0 Å². The summed E-state index contributed by atoms with van der Waals surface area (Å²) in [6.45, 7) is 3.55. The zero-order valence-corrected chi connectivity index (χ0v) is 10.3. The minimum absolute atomic E-state index is 0.184. The molecule has 3 nitrogen and oxygen atoms in total. The molecule has 4 heteroatoms. The average molecular weight is 237 g/mol. The van der Waals surface area contributed by atoms with Gasteiger partial charge in [-0.3, -0.25) is 0 Å². The largest absolute Gasteiger partial charge is 0.366 e. The van der Waals surface area contributed by atoms with Crippen LogP contribution in [0.5, 0.6) is 0 Å². The van der Waals surface area contributed by atoms with Gasteiger partial charge in [0, 0.05) is 25.3 Å². The Kier molecular flexibility index (Phi) is 3.97. The Hall–Kier alpha value is -1.13. The zero-order valence-electron chi connectivity index (χ0n) is 10.3. The molecule has 1 aliphatic heterocycles. The summed E-state index contributed by atoms with van der Waals surface area (Å²) >= 11 is 0. The van der Waals surface area contributed by atoms with Crippen LogP contribution in [-0.4, -0.2) is 44.2 Å².